The lowest BCUT2D eigenvalue weighted by molar-refractivity contribution is 0.276. The Labute approximate surface area is 82.8 Å². The van der Waals surface area contributed by atoms with Gasteiger partial charge in [0.2, 0.25) is 0 Å². The van der Waals surface area contributed by atoms with Gasteiger partial charge in [-0.15, -0.1) is 0 Å². The molecule has 0 aliphatic carbocycles. The van der Waals surface area contributed by atoms with E-state index in [-0.39, 0.29) is 6.61 Å². The van der Waals surface area contributed by atoms with Crippen molar-refractivity contribution < 1.29 is 5.11 Å². The number of benzene rings is 1. The van der Waals surface area contributed by atoms with E-state index >= 15 is 0 Å². The number of nitrogens with two attached hydrogens (primary N) is 1. The average Bonchev–Trinajstić information content (AvgIpc) is 2.59. The Morgan fingerprint density at radius 1 is 1.21 bits per heavy atom. The van der Waals surface area contributed by atoms with Gasteiger partial charge in [0.15, 0.2) is 0 Å². The SMILES string of the molecule is NCc1ccc2cn(CCO)cc2c1. The minimum absolute atomic E-state index is 0.171. The first kappa shape index (κ1) is 9.24. The van der Waals surface area contributed by atoms with Gasteiger partial charge in [0.25, 0.3) is 0 Å². The molecule has 2 aromatic rings. The quantitative estimate of drug-likeness (QED) is 0.761. The maximum atomic E-state index is 8.80. The van der Waals surface area contributed by atoms with Crippen LogP contribution in [0.3, 0.4) is 0 Å². The smallest absolute Gasteiger partial charge is 0.0610 e. The Hall–Kier alpha value is -1.32. The lowest BCUT2D eigenvalue weighted by Crippen LogP contribution is -1.97. The lowest BCUT2D eigenvalue weighted by atomic mass is 10.1. The number of aliphatic hydroxyl groups is 1. The predicted octanol–water partition coefficient (Wildman–Crippen LogP) is 1.09. The van der Waals surface area contributed by atoms with Crippen molar-refractivity contribution in [1.82, 2.24) is 4.57 Å². The van der Waals surface area contributed by atoms with E-state index in [2.05, 4.69) is 12.1 Å². The molecule has 0 fully saturated rings. The largest absolute Gasteiger partial charge is 0.395 e. The van der Waals surface area contributed by atoms with E-state index in [0.29, 0.717) is 13.1 Å². The standard InChI is InChI=1S/C11H14N2O/c12-6-9-1-2-10-7-13(3-4-14)8-11(10)5-9/h1-2,5,7-8,14H,3-4,6,12H2. The van der Waals surface area contributed by atoms with Gasteiger partial charge >= 0.3 is 0 Å². The zero-order valence-electron chi connectivity index (χ0n) is 7.98. The highest BCUT2D eigenvalue weighted by molar-refractivity contribution is 5.82. The summed E-state index contributed by atoms with van der Waals surface area (Å²) in [5.74, 6) is 0. The number of hydrogen-bond acceptors (Lipinski definition) is 2. The van der Waals surface area contributed by atoms with Crippen molar-refractivity contribution in [2.75, 3.05) is 6.61 Å². The first-order valence-electron chi connectivity index (χ1n) is 4.73. The molecule has 14 heavy (non-hydrogen) atoms. The van der Waals surface area contributed by atoms with E-state index in [1.165, 1.54) is 10.8 Å². The zero-order chi connectivity index (χ0) is 9.97. The zero-order valence-corrected chi connectivity index (χ0v) is 7.98. The molecular weight excluding hydrogens is 176 g/mol. The van der Waals surface area contributed by atoms with Gasteiger partial charge in [-0.3, -0.25) is 0 Å². The molecule has 74 valence electrons. The maximum Gasteiger partial charge on any atom is 0.0610 e. The van der Waals surface area contributed by atoms with Crippen molar-refractivity contribution >= 4 is 10.8 Å². The molecule has 1 heterocycles. The molecular formula is C11H14N2O. The summed E-state index contributed by atoms with van der Waals surface area (Å²) in [5, 5.41) is 11.2. The summed E-state index contributed by atoms with van der Waals surface area (Å²) in [5.41, 5.74) is 6.70. The van der Waals surface area contributed by atoms with Gasteiger partial charge in [-0.05, 0) is 22.4 Å². The Bertz CT molecular complexity index is 434. The average molecular weight is 190 g/mol. The summed E-state index contributed by atoms with van der Waals surface area (Å²) in [4.78, 5) is 0. The number of nitrogens with zero attached hydrogens (tertiary/aromatic N) is 1. The molecule has 0 atom stereocenters. The minimum atomic E-state index is 0.171. The fourth-order valence-electron chi connectivity index (χ4n) is 1.62. The van der Waals surface area contributed by atoms with Gasteiger partial charge < -0.3 is 15.4 Å². The number of hydrogen-bond donors (Lipinski definition) is 2. The third-order valence-electron chi connectivity index (χ3n) is 2.35. The Morgan fingerprint density at radius 2 is 2.00 bits per heavy atom. The summed E-state index contributed by atoms with van der Waals surface area (Å²) < 4.78 is 1.99. The van der Waals surface area contributed by atoms with Gasteiger partial charge in [-0.1, -0.05) is 12.1 Å². The van der Waals surface area contributed by atoms with Crippen molar-refractivity contribution in [2.24, 2.45) is 5.73 Å². The van der Waals surface area contributed by atoms with Crippen LogP contribution in [0, 0.1) is 0 Å². The van der Waals surface area contributed by atoms with E-state index < -0.39 is 0 Å². The number of aliphatic hydroxyl groups excluding tert-OH is 1. The molecule has 0 bridgehead atoms. The van der Waals surface area contributed by atoms with E-state index in [1.54, 1.807) is 0 Å². The predicted molar refractivity (Wildman–Crippen MR) is 56.9 cm³/mol. The first-order valence-corrected chi connectivity index (χ1v) is 4.73. The fourth-order valence-corrected chi connectivity index (χ4v) is 1.62. The molecule has 1 aromatic heterocycles. The van der Waals surface area contributed by atoms with Crippen LogP contribution in [0.15, 0.2) is 30.6 Å². The topological polar surface area (TPSA) is 51.2 Å². The molecule has 0 unspecified atom stereocenters. The maximum absolute atomic E-state index is 8.80. The van der Waals surface area contributed by atoms with E-state index in [1.807, 2.05) is 23.0 Å². The monoisotopic (exact) mass is 190 g/mol. The number of rotatable bonds is 3. The van der Waals surface area contributed by atoms with Crippen molar-refractivity contribution in [3.8, 4) is 0 Å². The second-order valence-corrected chi connectivity index (χ2v) is 3.39. The molecule has 2 rings (SSSR count). The normalized spacial score (nSPS) is 11.0. The molecule has 3 heteroatoms. The van der Waals surface area contributed by atoms with Gasteiger partial charge in [0.1, 0.15) is 0 Å². The van der Waals surface area contributed by atoms with E-state index in [9.17, 15) is 0 Å². The highest BCUT2D eigenvalue weighted by Crippen LogP contribution is 2.16. The van der Waals surface area contributed by atoms with Gasteiger partial charge in [-0.25, -0.2) is 0 Å². The van der Waals surface area contributed by atoms with Crippen LogP contribution in [0.2, 0.25) is 0 Å². The van der Waals surface area contributed by atoms with Crippen LogP contribution in [0.5, 0.6) is 0 Å². The fraction of sp³-hybridized carbons (Fsp3) is 0.273. The molecule has 0 aliphatic rings. The second kappa shape index (κ2) is 3.82. The second-order valence-electron chi connectivity index (χ2n) is 3.39. The molecule has 0 amide bonds. The molecule has 0 aliphatic heterocycles. The molecule has 0 saturated carbocycles. The van der Waals surface area contributed by atoms with Gasteiger partial charge in [0.05, 0.1) is 6.61 Å². The highest BCUT2D eigenvalue weighted by atomic mass is 16.3. The van der Waals surface area contributed by atoms with Crippen molar-refractivity contribution in [2.45, 2.75) is 13.1 Å². The third kappa shape index (κ3) is 1.64. The first-order chi connectivity index (χ1) is 6.83. The number of fused-ring (bicyclic) bond motifs is 1. The summed E-state index contributed by atoms with van der Waals surface area (Å²) >= 11 is 0. The van der Waals surface area contributed by atoms with E-state index in [0.717, 1.165) is 5.56 Å². The number of aromatic nitrogens is 1. The van der Waals surface area contributed by atoms with Gasteiger partial charge in [-0.2, -0.15) is 0 Å². The third-order valence-corrected chi connectivity index (χ3v) is 2.35. The van der Waals surface area contributed by atoms with E-state index in [4.69, 9.17) is 10.8 Å². The van der Waals surface area contributed by atoms with Crippen molar-refractivity contribution in [1.29, 1.82) is 0 Å². The van der Waals surface area contributed by atoms with Crippen LogP contribution in [0.4, 0.5) is 0 Å². The molecule has 0 spiro atoms. The molecule has 0 saturated heterocycles. The van der Waals surface area contributed by atoms with Crippen LogP contribution < -0.4 is 5.73 Å². The summed E-state index contributed by atoms with van der Waals surface area (Å²) in [6.45, 7) is 1.39. The summed E-state index contributed by atoms with van der Waals surface area (Å²) in [6, 6.07) is 6.18. The lowest BCUT2D eigenvalue weighted by Gasteiger charge is -1.95. The summed E-state index contributed by atoms with van der Waals surface area (Å²) in [6.07, 6.45) is 4.07. The minimum Gasteiger partial charge on any atom is -0.395 e. The molecule has 3 N–H and O–H groups in total. The van der Waals surface area contributed by atoms with Crippen LogP contribution in [0.25, 0.3) is 10.8 Å². The molecule has 3 nitrogen and oxygen atoms in total. The van der Waals surface area contributed by atoms with Crippen LogP contribution in [-0.2, 0) is 13.1 Å². The van der Waals surface area contributed by atoms with Crippen molar-refractivity contribution in [3.05, 3.63) is 36.2 Å². The molecule has 0 radical (unpaired) electrons. The van der Waals surface area contributed by atoms with Crippen LogP contribution in [-0.4, -0.2) is 16.3 Å². The van der Waals surface area contributed by atoms with Crippen LogP contribution >= 0.6 is 0 Å². The van der Waals surface area contributed by atoms with Crippen molar-refractivity contribution in [3.63, 3.8) is 0 Å². The summed E-state index contributed by atoms with van der Waals surface area (Å²) in [7, 11) is 0. The Balaban J connectivity index is 2.43. The highest BCUT2D eigenvalue weighted by Gasteiger charge is 1.98. The van der Waals surface area contributed by atoms with Gasteiger partial charge in [0, 0.05) is 25.5 Å². The Morgan fingerprint density at radius 3 is 2.71 bits per heavy atom. The molecule has 1 aromatic carbocycles. The Kier molecular flexibility index (Phi) is 2.52. The van der Waals surface area contributed by atoms with Crippen LogP contribution in [0.1, 0.15) is 5.56 Å².